The first-order valence-electron chi connectivity index (χ1n) is 12.6. The Bertz CT molecular complexity index is 1230. The number of phenolic OH excluding ortho intramolecular Hbond substituents is 4. The van der Waals surface area contributed by atoms with Gasteiger partial charge in [-0.1, -0.05) is 70.0 Å². The van der Waals surface area contributed by atoms with Crippen molar-refractivity contribution in [2.24, 2.45) is 0 Å². The Morgan fingerprint density at radius 2 is 1.03 bits per heavy atom. The molecule has 0 bridgehead atoms. The predicted octanol–water partition coefficient (Wildman–Crippen LogP) is 9.37. The quantitative estimate of drug-likeness (QED) is 0.162. The fraction of sp³-hybridized carbons (Fsp3) is 0.250. The summed E-state index contributed by atoms with van der Waals surface area (Å²) < 4.78 is 1.35. The van der Waals surface area contributed by atoms with Crippen molar-refractivity contribution < 1.29 is 20.4 Å². The Kier molecular flexibility index (Phi) is 10.3. The van der Waals surface area contributed by atoms with Crippen LogP contribution in [0.15, 0.2) is 93.9 Å². The summed E-state index contributed by atoms with van der Waals surface area (Å²) in [7, 11) is 0. The SMILES string of the molecule is CC(C)(c1ccc(O)c(Br)c1)c1ccc(O)c(Br)c1.CCCCC(c1ccc(O)cc1)c1ccc(O)cc1. The van der Waals surface area contributed by atoms with Gasteiger partial charge in [0.1, 0.15) is 23.0 Å². The maximum atomic E-state index is 9.57. The van der Waals surface area contributed by atoms with Crippen LogP contribution in [0.25, 0.3) is 0 Å². The van der Waals surface area contributed by atoms with Gasteiger partial charge in [0.25, 0.3) is 0 Å². The maximum Gasteiger partial charge on any atom is 0.129 e. The van der Waals surface area contributed by atoms with Crippen molar-refractivity contribution in [2.75, 3.05) is 0 Å². The topological polar surface area (TPSA) is 80.9 Å². The van der Waals surface area contributed by atoms with Crippen LogP contribution >= 0.6 is 31.9 Å². The number of phenols is 4. The predicted molar refractivity (Wildman–Crippen MR) is 161 cm³/mol. The molecule has 0 amide bonds. The van der Waals surface area contributed by atoms with Gasteiger partial charge in [0.15, 0.2) is 0 Å². The summed E-state index contributed by atoms with van der Waals surface area (Å²) in [4.78, 5) is 0. The second-order valence-electron chi connectivity index (χ2n) is 9.84. The van der Waals surface area contributed by atoms with Crippen LogP contribution in [0.2, 0.25) is 0 Å². The van der Waals surface area contributed by atoms with Crippen LogP contribution in [-0.2, 0) is 5.41 Å². The number of hydrogen-bond acceptors (Lipinski definition) is 4. The maximum absolute atomic E-state index is 9.57. The van der Waals surface area contributed by atoms with E-state index in [4.69, 9.17) is 0 Å². The molecule has 200 valence electrons. The molecule has 0 aliphatic heterocycles. The zero-order chi connectivity index (χ0) is 27.9. The summed E-state index contributed by atoms with van der Waals surface area (Å²) in [5.74, 6) is 1.37. The van der Waals surface area contributed by atoms with Crippen LogP contribution in [0, 0.1) is 0 Å². The number of halogens is 2. The van der Waals surface area contributed by atoms with Crippen LogP contribution in [0.1, 0.15) is 68.2 Å². The van der Waals surface area contributed by atoms with Gasteiger partial charge in [0.05, 0.1) is 8.95 Å². The first-order valence-corrected chi connectivity index (χ1v) is 14.2. The molecule has 0 atom stereocenters. The van der Waals surface area contributed by atoms with E-state index in [0.717, 1.165) is 30.4 Å². The van der Waals surface area contributed by atoms with Gasteiger partial charge in [-0.25, -0.2) is 0 Å². The minimum absolute atomic E-state index is 0.228. The van der Waals surface area contributed by atoms with Crippen LogP contribution < -0.4 is 0 Å². The van der Waals surface area contributed by atoms with Crippen molar-refractivity contribution in [1.82, 2.24) is 0 Å². The standard InChI is InChI=1S/C17H20O2.C15H14Br2O2/c1-2-3-4-17(13-5-9-15(18)10-6-13)14-7-11-16(19)12-8-14;1-15(2,9-3-5-13(18)11(16)7-9)10-4-6-14(19)12(17)8-10/h5-12,17-19H,2-4H2,1H3;3-8,18-19H,1-2H3. The van der Waals surface area contributed by atoms with E-state index >= 15 is 0 Å². The normalized spacial score (nSPS) is 11.2. The van der Waals surface area contributed by atoms with Crippen molar-refractivity contribution in [1.29, 1.82) is 0 Å². The molecule has 4 nitrogen and oxygen atoms in total. The number of unbranched alkanes of at least 4 members (excludes halogenated alkanes) is 1. The highest BCUT2D eigenvalue weighted by Gasteiger charge is 2.24. The molecule has 0 saturated heterocycles. The molecule has 0 heterocycles. The van der Waals surface area contributed by atoms with E-state index in [2.05, 4.69) is 52.6 Å². The molecule has 0 spiro atoms. The summed E-state index contributed by atoms with van der Waals surface area (Å²) in [5, 5.41) is 37.9. The summed E-state index contributed by atoms with van der Waals surface area (Å²) in [6.45, 7) is 6.39. The van der Waals surface area contributed by atoms with Crippen LogP contribution in [0.3, 0.4) is 0 Å². The molecule has 4 rings (SSSR count). The fourth-order valence-corrected chi connectivity index (χ4v) is 5.06. The van der Waals surface area contributed by atoms with E-state index in [0.29, 0.717) is 26.4 Å². The van der Waals surface area contributed by atoms with Crippen molar-refractivity contribution in [2.45, 2.75) is 51.4 Å². The lowest BCUT2D eigenvalue weighted by Gasteiger charge is -2.27. The average molecular weight is 642 g/mol. The van der Waals surface area contributed by atoms with Gasteiger partial charge in [-0.2, -0.15) is 0 Å². The van der Waals surface area contributed by atoms with Gasteiger partial charge in [-0.3, -0.25) is 0 Å². The van der Waals surface area contributed by atoms with E-state index in [-0.39, 0.29) is 16.9 Å². The Balaban J connectivity index is 0.000000211. The lowest BCUT2D eigenvalue weighted by Crippen LogP contribution is -2.18. The molecule has 6 heteroatoms. The third kappa shape index (κ3) is 7.55. The van der Waals surface area contributed by atoms with E-state index < -0.39 is 0 Å². The van der Waals surface area contributed by atoms with Gasteiger partial charge in [0, 0.05) is 11.3 Å². The molecule has 4 aromatic carbocycles. The molecule has 0 fully saturated rings. The molecule has 0 radical (unpaired) electrons. The Morgan fingerprint density at radius 1 is 0.632 bits per heavy atom. The molecule has 0 saturated carbocycles. The van der Waals surface area contributed by atoms with Crippen molar-refractivity contribution in [3.05, 3.63) is 116 Å². The first-order chi connectivity index (χ1) is 18.0. The van der Waals surface area contributed by atoms with Crippen LogP contribution in [0.4, 0.5) is 0 Å². The van der Waals surface area contributed by atoms with E-state index in [1.807, 2.05) is 48.5 Å². The van der Waals surface area contributed by atoms with Gasteiger partial charge >= 0.3 is 0 Å². The molecule has 0 aromatic heterocycles. The van der Waals surface area contributed by atoms with E-state index in [1.54, 1.807) is 36.4 Å². The summed E-state index contributed by atoms with van der Waals surface area (Å²) in [6.07, 6.45) is 3.39. The summed E-state index contributed by atoms with van der Waals surface area (Å²) in [5.41, 5.74) is 4.34. The van der Waals surface area contributed by atoms with Crippen molar-refractivity contribution >= 4 is 31.9 Å². The van der Waals surface area contributed by atoms with Gasteiger partial charge in [-0.05, 0) is 109 Å². The smallest absolute Gasteiger partial charge is 0.129 e. The number of aromatic hydroxyl groups is 4. The molecule has 38 heavy (non-hydrogen) atoms. The lowest BCUT2D eigenvalue weighted by molar-refractivity contribution is 0.470. The largest absolute Gasteiger partial charge is 0.508 e. The molecular formula is C32H34Br2O4. The Labute approximate surface area is 241 Å². The zero-order valence-corrected chi connectivity index (χ0v) is 25.0. The lowest BCUT2D eigenvalue weighted by atomic mass is 9.78. The van der Waals surface area contributed by atoms with Crippen LogP contribution in [-0.4, -0.2) is 20.4 Å². The minimum atomic E-state index is -0.230. The monoisotopic (exact) mass is 640 g/mol. The Morgan fingerprint density at radius 3 is 1.37 bits per heavy atom. The number of hydrogen-bond donors (Lipinski definition) is 4. The molecule has 0 aliphatic carbocycles. The van der Waals surface area contributed by atoms with Crippen LogP contribution in [0.5, 0.6) is 23.0 Å². The molecule has 4 aromatic rings. The molecule has 0 unspecified atom stereocenters. The van der Waals surface area contributed by atoms with Crippen molar-refractivity contribution in [3.8, 4) is 23.0 Å². The first kappa shape index (κ1) is 29.6. The second-order valence-corrected chi connectivity index (χ2v) is 11.5. The fourth-order valence-electron chi connectivity index (χ4n) is 4.31. The molecule has 4 N–H and O–H groups in total. The van der Waals surface area contributed by atoms with Gasteiger partial charge < -0.3 is 20.4 Å². The Hall–Kier alpha value is -2.96. The van der Waals surface area contributed by atoms with E-state index in [9.17, 15) is 20.4 Å². The summed E-state index contributed by atoms with van der Waals surface area (Å²) >= 11 is 6.68. The number of benzene rings is 4. The zero-order valence-electron chi connectivity index (χ0n) is 21.8. The highest BCUT2D eigenvalue weighted by Crippen LogP contribution is 2.38. The minimum Gasteiger partial charge on any atom is -0.508 e. The van der Waals surface area contributed by atoms with E-state index in [1.165, 1.54) is 11.1 Å². The van der Waals surface area contributed by atoms with Crippen molar-refractivity contribution in [3.63, 3.8) is 0 Å². The highest BCUT2D eigenvalue weighted by molar-refractivity contribution is 9.10. The highest BCUT2D eigenvalue weighted by atomic mass is 79.9. The third-order valence-electron chi connectivity index (χ3n) is 6.78. The second kappa shape index (κ2) is 13.2. The number of rotatable bonds is 7. The van der Waals surface area contributed by atoms with Gasteiger partial charge in [0.2, 0.25) is 0 Å². The summed E-state index contributed by atoms with van der Waals surface area (Å²) in [6, 6.07) is 25.8. The molecule has 0 aliphatic rings. The average Bonchev–Trinajstić information content (AvgIpc) is 2.89. The van der Waals surface area contributed by atoms with Gasteiger partial charge in [-0.15, -0.1) is 0 Å². The third-order valence-corrected chi connectivity index (χ3v) is 8.05. The molecular weight excluding hydrogens is 608 g/mol.